The van der Waals surface area contributed by atoms with Crippen LogP contribution >= 0.6 is 11.3 Å². The van der Waals surface area contributed by atoms with Crippen molar-refractivity contribution in [1.82, 2.24) is 5.32 Å². The summed E-state index contributed by atoms with van der Waals surface area (Å²) >= 11 is 1.75. The monoisotopic (exact) mass is 382 g/mol. The molecule has 2 aliphatic rings. The number of amides is 1. The molecule has 1 aliphatic carbocycles. The minimum atomic E-state index is 0.205. The third-order valence-corrected chi connectivity index (χ3v) is 7.17. The Bertz CT molecular complexity index is 743. The Hall–Kier alpha value is -1.65. The minimum Gasteiger partial charge on any atom is -0.317 e. The van der Waals surface area contributed by atoms with E-state index in [9.17, 15) is 4.79 Å². The Balaban J connectivity index is 1.60. The largest absolute Gasteiger partial charge is 0.317 e. The van der Waals surface area contributed by atoms with Gasteiger partial charge in [0.05, 0.1) is 5.69 Å². The number of carbonyl (C=O) groups is 1. The molecule has 1 N–H and O–H groups in total. The predicted octanol–water partition coefficient (Wildman–Crippen LogP) is 5.33. The SMILES string of the molecule is CC1CCC(C(=O)N(c2csc(-c3ccccc3)c2)C2CCNCC2)CC1. The molecule has 0 bridgehead atoms. The smallest absolute Gasteiger partial charge is 0.230 e. The van der Waals surface area contributed by atoms with Crippen LogP contribution in [0.15, 0.2) is 41.8 Å². The first-order valence-corrected chi connectivity index (χ1v) is 11.3. The number of hydrogen-bond acceptors (Lipinski definition) is 3. The van der Waals surface area contributed by atoms with E-state index in [0.29, 0.717) is 11.9 Å². The number of thiophene rings is 1. The maximum absolute atomic E-state index is 13.6. The molecule has 1 saturated heterocycles. The van der Waals surface area contributed by atoms with Crippen molar-refractivity contribution in [2.24, 2.45) is 11.8 Å². The first kappa shape index (κ1) is 18.7. The topological polar surface area (TPSA) is 32.3 Å². The second kappa shape index (κ2) is 8.57. The number of hydrogen-bond donors (Lipinski definition) is 1. The highest BCUT2D eigenvalue weighted by molar-refractivity contribution is 7.14. The third kappa shape index (κ3) is 4.27. The zero-order valence-corrected chi connectivity index (χ0v) is 17.0. The maximum atomic E-state index is 13.6. The van der Waals surface area contributed by atoms with Gasteiger partial charge in [-0.1, -0.05) is 37.3 Å². The van der Waals surface area contributed by atoms with Crippen molar-refractivity contribution in [1.29, 1.82) is 0 Å². The van der Waals surface area contributed by atoms with Gasteiger partial charge in [-0.25, -0.2) is 0 Å². The molecule has 1 aromatic carbocycles. The van der Waals surface area contributed by atoms with Crippen molar-refractivity contribution >= 4 is 22.9 Å². The highest BCUT2D eigenvalue weighted by Crippen LogP contribution is 2.37. The molecule has 4 rings (SSSR count). The predicted molar refractivity (Wildman–Crippen MR) is 114 cm³/mol. The summed E-state index contributed by atoms with van der Waals surface area (Å²) in [4.78, 5) is 17.0. The summed E-state index contributed by atoms with van der Waals surface area (Å²) in [6, 6.07) is 13.1. The van der Waals surface area contributed by atoms with Crippen LogP contribution in [-0.4, -0.2) is 25.0 Å². The Morgan fingerprint density at radius 2 is 1.74 bits per heavy atom. The van der Waals surface area contributed by atoms with Crippen LogP contribution in [0.3, 0.4) is 0 Å². The van der Waals surface area contributed by atoms with Gasteiger partial charge in [-0.3, -0.25) is 4.79 Å². The van der Waals surface area contributed by atoms with Gasteiger partial charge in [0.15, 0.2) is 0 Å². The number of nitrogens with zero attached hydrogens (tertiary/aromatic N) is 1. The average molecular weight is 383 g/mol. The van der Waals surface area contributed by atoms with Crippen LogP contribution in [0.25, 0.3) is 10.4 Å². The lowest BCUT2D eigenvalue weighted by Crippen LogP contribution is -2.48. The molecule has 1 amide bonds. The molecule has 1 aliphatic heterocycles. The molecule has 0 radical (unpaired) electrons. The van der Waals surface area contributed by atoms with Gasteiger partial charge < -0.3 is 10.2 Å². The normalized spacial score (nSPS) is 23.9. The van der Waals surface area contributed by atoms with E-state index in [2.05, 4.69) is 52.9 Å². The molecule has 2 heterocycles. The Morgan fingerprint density at radius 1 is 1.04 bits per heavy atom. The quantitative estimate of drug-likeness (QED) is 0.775. The molecule has 0 unspecified atom stereocenters. The number of nitrogens with one attached hydrogen (secondary N) is 1. The molecule has 1 saturated carbocycles. The summed E-state index contributed by atoms with van der Waals surface area (Å²) in [5.41, 5.74) is 2.34. The van der Waals surface area contributed by atoms with Crippen LogP contribution in [-0.2, 0) is 4.79 Å². The Labute approximate surface area is 166 Å². The van der Waals surface area contributed by atoms with Gasteiger partial charge >= 0.3 is 0 Å². The molecule has 4 heteroatoms. The van der Waals surface area contributed by atoms with Crippen molar-refractivity contribution in [2.45, 2.75) is 51.5 Å². The number of rotatable bonds is 4. The lowest BCUT2D eigenvalue weighted by Gasteiger charge is -2.37. The van der Waals surface area contributed by atoms with Gasteiger partial charge in [0.1, 0.15) is 0 Å². The van der Waals surface area contributed by atoms with Crippen LogP contribution in [0.5, 0.6) is 0 Å². The fourth-order valence-corrected chi connectivity index (χ4v) is 5.38. The summed E-state index contributed by atoms with van der Waals surface area (Å²) in [7, 11) is 0. The maximum Gasteiger partial charge on any atom is 0.230 e. The molecule has 2 aromatic rings. The molecule has 0 atom stereocenters. The average Bonchev–Trinajstić information content (AvgIpc) is 3.20. The summed E-state index contributed by atoms with van der Waals surface area (Å²) in [6.07, 6.45) is 6.58. The van der Waals surface area contributed by atoms with Crippen LogP contribution in [0.2, 0.25) is 0 Å². The second-order valence-corrected chi connectivity index (χ2v) is 9.09. The molecule has 144 valence electrons. The summed E-state index contributed by atoms with van der Waals surface area (Å²) in [5.74, 6) is 1.34. The van der Waals surface area contributed by atoms with Crippen LogP contribution in [0.4, 0.5) is 5.69 Å². The van der Waals surface area contributed by atoms with Gasteiger partial charge in [0.2, 0.25) is 5.91 Å². The van der Waals surface area contributed by atoms with Crippen molar-refractivity contribution in [3.8, 4) is 10.4 Å². The van der Waals surface area contributed by atoms with E-state index in [-0.39, 0.29) is 5.92 Å². The molecule has 1 aromatic heterocycles. The fourth-order valence-electron chi connectivity index (χ4n) is 4.49. The van der Waals surface area contributed by atoms with E-state index in [4.69, 9.17) is 0 Å². The standard InChI is InChI=1S/C23H30N2OS/c1-17-7-9-19(10-8-17)23(26)25(20-11-13-24-14-12-20)21-15-22(27-16-21)18-5-3-2-4-6-18/h2-6,15-17,19-20,24H,7-14H2,1H3. The molecule has 2 fully saturated rings. The van der Waals surface area contributed by atoms with Crippen LogP contribution in [0, 0.1) is 11.8 Å². The first-order chi connectivity index (χ1) is 13.2. The lowest BCUT2D eigenvalue weighted by molar-refractivity contribution is -0.124. The number of carbonyl (C=O) groups excluding carboxylic acids is 1. The van der Waals surface area contributed by atoms with E-state index in [1.165, 1.54) is 23.3 Å². The minimum absolute atomic E-state index is 0.205. The van der Waals surface area contributed by atoms with Crippen molar-refractivity contribution in [3.05, 3.63) is 41.8 Å². The zero-order valence-electron chi connectivity index (χ0n) is 16.2. The van der Waals surface area contributed by atoms with Gasteiger partial charge in [-0.2, -0.15) is 0 Å². The zero-order chi connectivity index (χ0) is 18.6. The third-order valence-electron chi connectivity index (χ3n) is 6.20. The molecule has 27 heavy (non-hydrogen) atoms. The lowest BCUT2D eigenvalue weighted by atomic mass is 9.82. The van der Waals surface area contributed by atoms with E-state index in [1.807, 2.05) is 6.07 Å². The van der Waals surface area contributed by atoms with Crippen molar-refractivity contribution in [3.63, 3.8) is 0 Å². The Kier molecular flexibility index (Phi) is 5.94. The van der Waals surface area contributed by atoms with E-state index in [0.717, 1.165) is 50.4 Å². The summed E-state index contributed by atoms with van der Waals surface area (Å²) in [5, 5.41) is 5.63. The van der Waals surface area contributed by atoms with Gasteiger partial charge in [0, 0.05) is 22.2 Å². The fraction of sp³-hybridized carbons (Fsp3) is 0.522. The molecular formula is C23H30N2OS. The van der Waals surface area contributed by atoms with E-state index < -0.39 is 0 Å². The van der Waals surface area contributed by atoms with Gasteiger partial charge in [-0.05, 0) is 69.2 Å². The van der Waals surface area contributed by atoms with Crippen LogP contribution < -0.4 is 10.2 Å². The van der Waals surface area contributed by atoms with E-state index in [1.54, 1.807) is 11.3 Å². The number of anilines is 1. The molecular weight excluding hydrogens is 352 g/mol. The number of benzene rings is 1. The van der Waals surface area contributed by atoms with Crippen molar-refractivity contribution < 1.29 is 4.79 Å². The first-order valence-electron chi connectivity index (χ1n) is 10.4. The highest BCUT2D eigenvalue weighted by Gasteiger charge is 2.33. The Morgan fingerprint density at radius 3 is 2.44 bits per heavy atom. The van der Waals surface area contributed by atoms with Crippen LogP contribution in [0.1, 0.15) is 45.4 Å². The summed E-state index contributed by atoms with van der Waals surface area (Å²) in [6.45, 7) is 4.33. The summed E-state index contributed by atoms with van der Waals surface area (Å²) < 4.78 is 0. The molecule has 0 spiro atoms. The van der Waals surface area contributed by atoms with Gasteiger partial charge in [0.25, 0.3) is 0 Å². The van der Waals surface area contributed by atoms with Gasteiger partial charge in [-0.15, -0.1) is 11.3 Å². The molecule has 3 nitrogen and oxygen atoms in total. The number of piperidine rings is 1. The second-order valence-electron chi connectivity index (χ2n) is 8.18. The van der Waals surface area contributed by atoms with Crippen molar-refractivity contribution in [2.75, 3.05) is 18.0 Å². The highest BCUT2D eigenvalue weighted by atomic mass is 32.1. The van der Waals surface area contributed by atoms with E-state index >= 15 is 0 Å².